The predicted molar refractivity (Wildman–Crippen MR) is 80.5 cm³/mol. The highest BCUT2D eigenvalue weighted by Crippen LogP contribution is 2.14. The van der Waals surface area contributed by atoms with E-state index in [1.165, 1.54) is 6.54 Å². The summed E-state index contributed by atoms with van der Waals surface area (Å²) in [7, 11) is 1.96. The van der Waals surface area contributed by atoms with E-state index in [1.807, 2.05) is 7.05 Å². The molecule has 2 heterocycles. The zero-order chi connectivity index (χ0) is 13.7. The number of nitrogens with one attached hydrogen (secondary N) is 1. The Kier molecular flexibility index (Phi) is 5.16. The Morgan fingerprint density at radius 3 is 2.58 bits per heavy atom. The molecule has 4 nitrogen and oxygen atoms in total. The Hall–Kier alpha value is -1.13. The van der Waals surface area contributed by atoms with Crippen LogP contribution in [-0.4, -0.2) is 49.7 Å². The summed E-state index contributed by atoms with van der Waals surface area (Å²) in [6, 6.07) is 6.31. The first-order valence-electron chi connectivity index (χ1n) is 7.27. The molecular weight excluding hydrogens is 236 g/mol. The normalized spacial score (nSPS) is 17.2. The highest BCUT2D eigenvalue weighted by atomic mass is 15.3. The van der Waals surface area contributed by atoms with E-state index >= 15 is 0 Å². The molecule has 1 aliphatic heterocycles. The van der Waals surface area contributed by atoms with Crippen LogP contribution < -0.4 is 10.2 Å². The lowest BCUT2D eigenvalue weighted by molar-refractivity contribution is 0.231. The van der Waals surface area contributed by atoms with Crippen molar-refractivity contribution in [3.8, 4) is 0 Å². The molecule has 1 aromatic heterocycles. The Labute approximate surface area is 116 Å². The van der Waals surface area contributed by atoms with Crippen LogP contribution in [-0.2, 0) is 6.54 Å². The monoisotopic (exact) mass is 262 g/mol. The van der Waals surface area contributed by atoms with Gasteiger partial charge in [0.2, 0.25) is 0 Å². The van der Waals surface area contributed by atoms with E-state index in [0.29, 0.717) is 0 Å². The molecule has 4 heteroatoms. The van der Waals surface area contributed by atoms with Crippen LogP contribution in [0.15, 0.2) is 18.2 Å². The molecule has 0 aromatic carbocycles. The van der Waals surface area contributed by atoms with Gasteiger partial charge in [0.25, 0.3) is 0 Å². The van der Waals surface area contributed by atoms with Gasteiger partial charge in [-0.2, -0.15) is 0 Å². The Balaban J connectivity index is 1.92. The lowest BCUT2D eigenvalue weighted by Crippen LogP contribution is -2.47. The third-order valence-electron chi connectivity index (χ3n) is 3.47. The second kappa shape index (κ2) is 6.87. The van der Waals surface area contributed by atoms with E-state index < -0.39 is 0 Å². The summed E-state index contributed by atoms with van der Waals surface area (Å²) in [6.07, 6.45) is 0. The van der Waals surface area contributed by atoms with Gasteiger partial charge in [-0.1, -0.05) is 19.9 Å². The molecular formula is C15H26N4. The van der Waals surface area contributed by atoms with Crippen LogP contribution in [0.4, 0.5) is 5.82 Å². The fourth-order valence-electron chi connectivity index (χ4n) is 2.60. The van der Waals surface area contributed by atoms with Gasteiger partial charge in [-0.15, -0.1) is 0 Å². The maximum atomic E-state index is 4.72. The van der Waals surface area contributed by atoms with E-state index in [2.05, 4.69) is 47.2 Å². The van der Waals surface area contributed by atoms with Gasteiger partial charge < -0.3 is 10.2 Å². The minimum Gasteiger partial charge on any atom is -0.354 e. The first-order chi connectivity index (χ1) is 9.19. The van der Waals surface area contributed by atoms with Crippen LogP contribution in [0, 0.1) is 5.92 Å². The largest absolute Gasteiger partial charge is 0.354 e. The van der Waals surface area contributed by atoms with Crippen molar-refractivity contribution in [3.05, 3.63) is 23.9 Å². The third-order valence-corrected chi connectivity index (χ3v) is 3.47. The van der Waals surface area contributed by atoms with Gasteiger partial charge in [-0.05, 0) is 25.1 Å². The average molecular weight is 262 g/mol. The SMILES string of the molecule is CNCc1cccc(N2CCN(CC(C)C)CC2)n1. The van der Waals surface area contributed by atoms with Crippen LogP contribution in [0.2, 0.25) is 0 Å². The molecule has 0 aliphatic carbocycles. The number of hydrogen-bond donors (Lipinski definition) is 1. The minimum absolute atomic E-state index is 0.753. The number of pyridine rings is 1. The molecule has 1 saturated heterocycles. The number of nitrogens with zero attached hydrogens (tertiary/aromatic N) is 3. The number of piperazine rings is 1. The minimum atomic E-state index is 0.753. The molecule has 0 amide bonds. The smallest absolute Gasteiger partial charge is 0.128 e. The second-order valence-electron chi connectivity index (χ2n) is 5.70. The molecule has 106 valence electrons. The van der Waals surface area contributed by atoms with Crippen molar-refractivity contribution in [2.24, 2.45) is 5.92 Å². The van der Waals surface area contributed by atoms with E-state index in [4.69, 9.17) is 4.98 Å². The summed E-state index contributed by atoms with van der Waals surface area (Å²) >= 11 is 0. The van der Waals surface area contributed by atoms with Gasteiger partial charge in [-0.3, -0.25) is 4.90 Å². The first kappa shape index (κ1) is 14.3. The van der Waals surface area contributed by atoms with Crippen molar-refractivity contribution in [3.63, 3.8) is 0 Å². The summed E-state index contributed by atoms with van der Waals surface area (Å²) in [5, 5.41) is 3.15. The Morgan fingerprint density at radius 1 is 1.21 bits per heavy atom. The van der Waals surface area contributed by atoms with Crippen molar-refractivity contribution in [2.45, 2.75) is 20.4 Å². The number of rotatable bonds is 5. The number of hydrogen-bond acceptors (Lipinski definition) is 4. The highest BCUT2D eigenvalue weighted by molar-refractivity contribution is 5.39. The van der Waals surface area contributed by atoms with Crippen LogP contribution in [0.25, 0.3) is 0 Å². The van der Waals surface area contributed by atoms with E-state index in [0.717, 1.165) is 50.2 Å². The van der Waals surface area contributed by atoms with Crippen LogP contribution in [0.3, 0.4) is 0 Å². The third kappa shape index (κ3) is 4.18. The molecule has 0 unspecified atom stereocenters. The van der Waals surface area contributed by atoms with Crippen molar-refractivity contribution in [2.75, 3.05) is 44.7 Å². The maximum Gasteiger partial charge on any atom is 0.128 e. The maximum absolute atomic E-state index is 4.72. The fraction of sp³-hybridized carbons (Fsp3) is 0.667. The molecule has 1 aliphatic rings. The van der Waals surface area contributed by atoms with Gasteiger partial charge in [0.05, 0.1) is 5.69 Å². The lowest BCUT2D eigenvalue weighted by atomic mass is 10.2. The zero-order valence-corrected chi connectivity index (χ0v) is 12.4. The van der Waals surface area contributed by atoms with Gasteiger partial charge in [0.15, 0.2) is 0 Å². The molecule has 0 radical (unpaired) electrons. The molecule has 1 fully saturated rings. The topological polar surface area (TPSA) is 31.4 Å². The summed E-state index contributed by atoms with van der Waals surface area (Å²) in [4.78, 5) is 9.67. The zero-order valence-electron chi connectivity index (χ0n) is 12.4. The van der Waals surface area contributed by atoms with E-state index in [1.54, 1.807) is 0 Å². The Bertz CT molecular complexity index is 383. The lowest BCUT2D eigenvalue weighted by Gasteiger charge is -2.36. The van der Waals surface area contributed by atoms with Crippen LogP contribution in [0.1, 0.15) is 19.5 Å². The molecule has 0 atom stereocenters. The summed E-state index contributed by atoms with van der Waals surface area (Å²) in [5.74, 6) is 1.88. The summed E-state index contributed by atoms with van der Waals surface area (Å²) < 4.78 is 0. The standard InChI is InChI=1S/C15H26N4/c1-13(2)12-18-7-9-19(10-8-18)15-6-4-5-14(17-15)11-16-3/h4-6,13,16H,7-12H2,1-3H3. The first-order valence-corrected chi connectivity index (χ1v) is 7.27. The molecule has 1 aromatic rings. The van der Waals surface area contributed by atoms with Gasteiger partial charge >= 0.3 is 0 Å². The van der Waals surface area contributed by atoms with Crippen molar-refractivity contribution in [1.29, 1.82) is 0 Å². The van der Waals surface area contributed by atoms with Gasteiger partial charge in [0.1, 0.15) is 5.82 Å². The van der Waals surface area contributed by atoms with E-state index in [-0.39, 0.29) is 0 Å². The summed E-state index contributed by atoms with van der Waals surface area (Å²) in [5.41, 5.74) is 1.12. The molecule has 0 bridgehead atoms. The molecule has 19 heavy (non-hydrogen) atoms. The van der Waals surface area contributed by atoms with Gasteiger partial charge in [0, 0.05) is 39.3 Å². The molecule has 0 spiro atoms. The summed E-state index contributed by atoms with van der Waals surface area (Å²) in [6.45, 7) is 11.1. The van der Waals surface area contributed by atoms with Crippen LogP contribution >= 0.6 is 0 Å². The fourth-order valence-corrected chi connectivity index (χ4v) is 2.60. The van der Waals surface area contributed by atoms with E-state index in [9.17, 15) is 0 Å². The van der Waals surface area contributed by atoms with Gasteiger partial charge in [-0.25, -0.2) is 4.98 Å². The molecule has 0 saturated carbocycles. The van der Waals surface area contributed by atoms with Crippen LogP contribution in [0.5, 0.6) is 0 Å². The number of anilines is 1. The molecule has 2 rings (SSSR count). The van der Waals surface area contributed by atoms with Crippen molar-refractivity contribution in [1.82, 2.24) is 15.2 Å². The predicted octanol–water partition coefficient (Wildman–Crippen LogP) is 1.58. The van der Waals surface area contributed by atoms with Crippen molar-refractivity contribution >= 4 is 5.82 Å². The van der Waals surface area contributed by atoms with Crippen molar-refractivity contribution < 1.29 is 0 Å². The Morgan fingerprint density at radius 2 is 1.95 bits per heavy atom. The molecule has 1 N–H and O–H groups in total. The second-order valence-corrected chi connectivity index (χ2v) is 5.70. The number of aromatic nitrogens is 1. The quantitative estimate of drug-likeness (QED) is 0.873. The highest BCUT2D eigenvalue weighted by Gasteiger charge is 2.18. The average Bonchev–Trinajstić information content (AvgIpc) is 2.40.